The van der Waals surface area contributed by atoms with Crippen LogP contribution in [-0.2, 0) is 0 Å². The predicted molar refractivity (Wildman–Crippen MR) is 93.9 cm³/mol. The lowest BCUT2D eigenvalue weighted by molar-refractivity contribution is 0.0954. The van der Waals surface area contributed by atoms with Crippen LogP contribution in [0, 0.1) is 11.3 Å². The van der Waals surface area contributed by atoms with Gasteiger partial charge in [-0.05, 0) is 68.7 Å². The molecule has 1 atom stereocenters. The highest BCUT2D eigenvalue weighted by Crippen LogP contribution is 2.36. The van der Waals surface area contributed by atoms with Crippen LogP contribution in [0.3, 0.4) is 0 Å². The zero-order chi connectivity index (χ0) is 17.0. The molecule has 4 nitrogen and oxygen atoms in total. The van der Waals surface area contributed by atoms with Crippen molar-refractivity contribution in [1.82, 2.24) is 5.43 Å². The smallest absolute Gasteiger partial charge is 0.271 e. The molecule has 0 aliphatic heterocycles. The maximum Gasteiger partial charge on any atom is 0.271 e. The number of carbonyl (C=O) groups excluding carboxylic acids is 1. The monoisotopic (exact) mass is 316 g/mol. The number of hydrogen-bond donors (Lipinski definition) is 1. The number of hydrogen-bond acceptors (Lipinski definition) is 3. The molecule has 1 saturated carbocycles. The van der Waals surface area contributed by atoms with Crippen LogP contribution in [0.25, 0.3) is 0 Å². The van der Waals surface area contributed by atoms with E-state index in [0.717, 1.165) is 24.3 Å². The van der Waals surface area contributed by atoms with Gasteiger partial charge in [-0.25, -0.2) is 5.43 Å². The molecule has 1 aliphatic carbocycles. The van der Waals surface area contributed by atoms with E-state index in [0.29, 0.717) is 11.5 Å². The second-order valence-electron chi connectivity index (χ2n) is 7.66. The summed E-state index contributed by atoms with van der Waals surface area (Å²) in [6.07, 6.45) is 3.23. The minimum Gasteiger partial charge on any atom is -0.491 e. The molecular formula is C19H28N2O2. The molecule has 1 N–H and O–H groups in total. The predicted octanol–water partition coefficient (Wildman–Crippen LogP) is 4.41. The van der Waals surface area contributed by atoms with Gasteiger partial charge in [0.25, 0.3) is 5.91 Å². The summed E-state index contributed by atoms with van der Waals surface area (Å²) in [5, 5.41) is 4.36. The van der Waals surface area contributed by atoms with Crippen molar-refractivity contribution in [3.8, 4) is 5.75 Å². The molecule has 0 heterocycles. The first-order chi connectivity index (χ1) is 10.7. The van der Waals surface area contributed by atoms with Crippen LogP contribution in [0.1, 0.15) is 64.2 Å². The van der Waals surface area contributed by atoms with Gasteiger partial charge in [0.05, 0.1) is 6.10 Å². The molecule has 0 unspecified atom stereocenters. The number of benzene rings is 1. The molecule has 0 spiro atoms. The summed E-state index contributed by atoms with van der Waals surface area (Å²) < 4.78 is 5.58. The highest BCUT2D eigenvalue weighted by Gasteiger charge is 2.29. The normalized spacial score (nSPS) is 22.2. The summed E-state index contributed by atoms with van der Waals surface area (Å²) in [4.78, 5) is 12.2. The van der Waals surface area contributed by atoms with Crippen molar-refractivity contribution in [3.05, 3.63) is 29.8 Å². The van der Waals surface area contributed by atoms with Gasteiger partial charge in [0, 0.05) is 11.3 Å². The Kier molecular flexibility index (Phi) is 5.45. The average molecular weight is 316 g/mol. The van der Waals surface area contributed by atoms with Crippen molar-refractivity contribution in [2.45, 2.75) is 60.0 Å². The van der Waals surface area contributed by atoms with Crippen molar-refractivity contribution in [3.63, 3.8) is 0 Å². The molecule has 4 heteroatoms. The van der Waals surface area contributed by atoms with E-state index >= 15 is 0 Å². The molecule has 0 saturated heterocycles. The van der Waals surface area contributed by atoms with E-state index < -0.39 is 0 Å². The lowest BCUT2D eigenvalue weighted by Gasteiger charge is -2.34. The molecule has 23 heavy (non-hydrogen) atoms. The quantitative estimate of drug-likeness (QED) is 0.837. The first-order valence-electron chi connectivity index (χ1n) is 8.38. The fraction of sp³-hybridized carbons (Fsp3) is 0.579. The third kappa shape index (κ3) is 5.38. The van der Waals surface area contributed by atoms with E-state index in [2.05, 4.69) is 31.3 Å². The van der Waals surface area contributed by atoms with Crippen LogP contribution in [0.5, 0.6) is 5.75 Å². The molecule has 0 aromatic heterocycles. The molecule has 126 valence electrons. The van der Waals surface area contributed by atoms with E-state index in [9.17, 15) is 4.79 Å². The number of carbonyl (C=O) groups is 1. The van der Waals surface area contributed by atoms with Gasteiger partial charge in [0.15, 0.2) is 0 Å². The van der Waals surface area contributed by atoms with Gasteiger partial charge < -0.3 is 4.74 Å². The van der Waals surface area contributed by atoms with E-state index in [-0.39, 0.29) is 17.4 Å². The van der Waals surface area contributed by atoms with Crippen LogP contribution in [-0.4, -0.2) is 17.7 Å². The molecular weight excluding hydrogens is 288 g/mol. The lowest BCUT2D eigenvalue weighted by atomic mass is 9.72. The van der Waals surface area contributed by atoms with Gasteiger partial charge >= 0.3 is 0 Å². The number of rotatable bonds is 4. The zero-order valence-corrected chi connectivity index (χ0v) is 14.8. The number of ether oxygens (including phenoxy) is 1. The molecule has 1 amide bonds. The standard InChI is InChI=1S/C19H28N2O2/c1-13(2)23-17-8-6-15(7-9-17)18(22)21-20-16-10-14(3)11-19(4,5)12-16/h6-9,13-14H,10-12H2,1-5H3,(H,21,22)/b20-16-/t14-/m0/s1. The minimum atomic E-state index is -0.176. The van der Waals surface area contributed by atoms with Gasteiger partial charge in [-0.2, -0.15) is 5.10 Å². The van der Waals surface area contributed by atoms with E-state index in [1.165, 1.54) is 6.42 Å². The first-order valence-corrected chi connectivity index (χ1v) is 8.38. The topological polar surface area (TPSA) is 50.7 Å². The van der Waals surface area contributed by atoms with Crippen LogP contribution in [0.4, 0.5) is 0 Å². The van der Waals surface area contributed by atoms with Gasteiger partial charge in [-0.15, -0.1) is 0 Å². The lowest BCUT2D eigenvalue weighted by Crippen LogP contribution is -2.30. The molecule has 1 fully saturated rings. The average Bonchev–Trinajstić information content (AvgIpc) is 2.43. The van der Waals surface area contributed by atoms with Crippen LogP contribution in [0.15, 0.2) is 29.4 Å². The second-order valence-corrected chi connectivity index (χ2v) is 7.66. The number of nitrogens with zero attached hydrogens (tertiary/aromatic N) is 1. The Hall–Kier alpha value is -1.84. The Balaban J connectivity index is 1.97. The molecule has 1 aromatic rings. The molecule has 0 radical (unpaired) electrons. The molecule has 1 aromatic carbocycles. The molecule has 2 rings (SSSR count). The Morgan fingerprint density at radius 1 is 1.30 bits per heavy atom. The van der Waals surface area contributed by atoms with Gasteiger partial charge in [-0.3, -0.25) is 4.79 Å². The van der Waals surface area contributed by atoms with Crippen molar-refractivity contribution < 1.29 is 9.53 Å². The maximum absolute atomic E-state index is 12.2. The van der Waals surface area contributed by atoms with Crippen molar-refractivity contribution in [1.29, 1.82) is 0 Å². The number of amides is 1. The third-order valence-corrected chi connectivity index (χ3v) is 3.97. The molecule has 1 aliphatic rings. The van der Waals surface area contributed by atoms with Gasteiger partial charge in [0.1, 0.15) is 5.75 Å². The third-order valence-electron chi connectivity index (χ3n) is 3.97. The van der Waals surface area contributed by atoms with E-state index in [1.54, 1.807) is 12.1 Å². The van der Waals surface area contributed by atoms with Crippen molar-refractivity contribution in [2.24, 2.45) is 16.4 Å². The van der Waals surface area contributed by atoms with E-state index in [4.69, 9.17) is 4.74 Å². The number of nitrogens with one attached hydrogen (secondary N) is 1. The largest absolute Gasteiger partial charge is 0.491 e. The summed E-state index contributed by atoms with van der Waals surface area (Å²) in [6.45, 7) is 10.7. The summed E-state index contributed by atoms with van der Waals surface area (Å²) in [6, 6.07) is 7.16. The fourth-order valence-corrected chi connectivity index (χ4v) is 3.35. The Morgan fingerprint density at radius 2 is 1.96 bits per heavy atom. The highest BCUT2D eigenvalue weighted by atomic mass is 16.5. The minimum absolute atomic E-state index is 0.123. The molecule has 0 bridgehead atoms. The summed E-state index contributed by atoms with van der Waals surface area (Å²) in [5.41, 5.74) is 4.63. The maximum atomic E-state index is 12.2. The van der Waals surface area contributed by atoms with Crippen molar-refractivity contribution >= 4 is 11.6 Å². The number of hydrazone groups is 1. The Morgan fingerprint density at radius 3 is 2.52 bits per heavy atom. The summed E-state index contributed by atoms with van der Waals surface area (Å²) >= 11 is 0. The summed E-state index contributed by atoms with van der Waals surface area (Å²) in [5.74, 6) is 1.21. The second kappa shape index (κ2) is 7.16. The highest BCUT2D eigenvalue weighted by molar-refractivity contribution is 5.95. The van der Waals surface area contributed by atoms with Gasteiger partial charge in [0.2, 0.25) is 0 Å². The van der Waals surface area contributed by atoms with Crippen LogP contribution < -0.4 is 10.2 Å². The van der Waals surface area contributed by atoms with Crippen LogP contribution >= 0.6 is 0 Å². The Bertz CT molecular complexity index is 574. The summed E-state index contributed by atoms with van der Waals surface area (Å²) in [7, 11) is 0. The first kappa shape index (κ1) is 17.5. The SMILES string of the molecule is CC(C)Oc1ccc(C(=O)N/N=C2/C[C@H](C)CC(C)(C)C2)cc1. The van der Waals surface area contributed by atoms with Crippen LogP contribution in [0.2, 0.25) is 0 Å². The fourth-order valence-electron chi connectivity index (χ4n) is 3.35. The Labute approximate surface area is 139 Å². The van der Waals surface area contributed by atoms with Gasteiger partial charge in [-0.1, -0.05) is 20.8 Å². The van der Waals surface area contributed by atoms with E-state index in [1.807, 2.05) is 26.0 Å². The van der Waals surface area contributed by atoms with Crippen molar-refractivity contribution in [2.75, 3.05) is 0 Å². The zero-order valence-electron chi connectivity index (χ0n) is 14.8.